The van der Waals surface area contributed by atoms with Crippen molar-refractivity contribution >= 4 is 12.0 Å². The largest absolute Gasteiger partial charge is 0.451 e. The zero-order valence-electron chi connectivity index (χ0n) is 13.9. The molecule has 0 aromatic heterocycles. The number of carbonyl (C=O) groups is 1. The van der Waals surface area contributed by atoms with Crippen LogP contribution in [0.2, 0.25) is 0 Å². The van der Waals surface area contributed by atoms with E-state index >= 15 is 0 Å². The van der Waals surface area contributed by atoms with Gasteiger partial charge in [-0.3, -0.25) is 0 Å². The predicted octanol–water partition coefficient (Wildman–Crippen LogP) is 1.42. The number of rotatable bonds is 5. The molecule has 0 amide bonds. The number of ether oxygens (including phenoxy) is 2. The van der Waals surface area contributed by atoms with Crippen LogP contribution >= 0.6 is 0 Å². The fourth-order valence-corrected chi connectivity index (χ4v) is 2.80. The fraction of sp³-hybridized carbons (Fsp3) is 0.250. The number of benzene rings is 2. The molecule has 0 spiro atoms. The van der Waals surface area contributed by atoms with Crippen molar-refractivity contribution in [1.29, 1.82) is 0 Å². The Morgan fingerprint density at radius 3 is 2.15 bits per heavy atom. The lowest BCUT2D eigenvalue weighted by Gasteiger charge is -2.25. The van der Waals surface area contributed by atoms with Crippen molar-refractivity contribution in [1.82, 2.24) is 0 Å². The van der Waals surface area contributed by atoms with Crippen molar-refractivity contribution < 1.29 is 29.6 Å². The van der Waals surface area contributed by atoms with E-state index in [0.29, 0.717) is 5.56 Å². The smallest absolute Gasteiger partial charge is 0.331 e. The molecule has 1 aliphatic rings. The van der Waals surface area contributed by atoms with E-state index < -0.39 is 36.7 Å². The van der Waals surface area contributed by atoms with Crippen LogP contribution in [0, 0.1) is 0 Å². The lowest BCUT2D eigenvalue weighted by molar-refractivity contribution is -0.169. The molecule has 1 aliphatic heterocycles. The van der Waals surface area contributed by atoms with Gasteiger partial charge in [-0.2, -0.15) is 0 Å². The molecule has 2 aromatic rings. The Hall–Kier alpha value is -2.51. The number of aliphatic hydroxyl groups excluding tert-OH is 3. The van der Waals surface area contributed by atoms with Gasteiger partial charge >= 0.3 is 5.97 Å². The van der Waals surface area contributed by atoms with Crippen LogP contribution in [0.4, 0.5) is 0 Å². The Kier molecular flexibility index (Phi) is 5.80. The van der Waals surface area contributed by atoms with E-state index in [-0.39, 0.29) is 0 Å². The van der Waals surface area contributed by atoms with Crippen molar-refractivity contribution in [3.05, 3.63) is 77.9 Å². The van der Waals surface area contributed by atoms with E-state index in [2.05, 4.69) is 0 Å². The highest BCUT2D eigenvalue weighted by Gasteiger charge is 2.47. The average molecular weight is 356 g/mol. The van der Waals surface area contributed by atoms with Crippen molar-refractivity contribution in [2.24, 2.45) is 0 Å². The second-order valence-electron chi connectivity index (χ2n) is 5.98. The first kappa shape index (κ1) is 18.3. The lowest BCUT2D eigenvalue weighted by atomic mass is 9.99. The molecule has 1 heterocycles. The molecule has 2 aromatic carbocycles. The summed E-state index contributed by atoms with van der Waals surface area (Å²) in [7, 11) is 0. The summed E-state index contributed by atoms with van der Waals surface area (Å²) >= 11 is 0. The van der Waals surface area contributed by atoms with Crippen molar-refractivity contribution in [3.8, 4) is 0 Å². The molecular formula is C20H20O6. The van der Waals surface area contributed by atoms with Crippen LogP contribution in [0.5, 0.6) is 0 Å². The summed E-state index contributed by atoms with van der Waals surface area (Å²) in [6, 6.07) is 18.0. The molecular weight excluding hydrogens is 336 g/mol. The first-order chi connectivity index (χ1) is 12.6. The predicted molar refractivity (Wildman–Crippen MR) is 93.6 cm³/mol. The van der Waals surface area contributed by atoms with Crippen LogP contribution in [0.1, 0.15) is 17.2 Å². The highest BCUT2D eigenvalue weighted by atomic mass is 16.7. The Bertz CT molecular complexity index is 745. The molecule has 0 bridgehead atoms. The molecule has 3 rings (SSSR count). The number of carbonyl (C=O) groups excluding carboxylic acids is 1. The quantitative estimate of drug-likeness (QED) is 0.554. The van der Waals surface area contributed by atoms with Crippen LogP contribution in [0.3, 0.4) is 0 Å². The van der Waals surface area contributed by atoms with Gasteiger partial charge in [-0.25, -0.2) is 4.79 Å². The Morgan fingerprint density at radius 2 is 1.58 bits per heavy atom. The van der Waals surface area contributed by atoms with Gasteiger partial charge in [-0.15, -0.1) is 0 Å². The zero-order valence-corrected chi connectivity index (χ0v) is 13.9. The summed E-state index contributed by atoms with van der Waals surface area (Å²) in [6.45, 7) is 0. The highest BCUT2D eigenvalue weighted by Crippen LogP contribution is 2.33. The van der Waals surface area contributed by atoms with Crippen molar-refractivity contribution in [3.63, 3.8) is 0 Å². The molecule has 0 radical (unpaired) electrons. The molecule has 1 fully saturated rings. The minimum Gasteiger partial charge on any atom is -0.451 e. The van der Waals surface area contributed by atoms with Gasteiger partial charge in [-0.05, 0) is 17.2 Å². The minimum atomic E-state index is -1.54. The van der Waals surface area contributed by atoms with E-state index in [4.69, 9.17) is 9.47 Å². The van der Waals surface area contributed by atoms with E-state index in [0.717, 1.165) is 5.56 Å². The SMILES string of the molecule is O=C(/C=C/c1ccccc1)O[C@H](c1ccccc1)[C@H]1OC(O)[C@H](O)[C@H]1O. The van der Waals surface area contributed by atoms with Gasteiger partial charge in [0.1, 0.15) is 18.3 Å². The average Bonchev–Trinajstić information content (AvgIpc) is 2.93. The number of hydrogen-bond acceptors (Lipinski definition) is 6. The van der Waals surface area contributed by atoms with Gasteiger partial charge < -0.3 is 24.8 Å². The summed E-state index contributed by atoms with van der Waals surface area (Å²) in [5.74, 6) is -0.630. The molecule has 26 heavy (non-hydrogen) atoms. The normalized spacial score (nSPS) is 26.7. The first-order valence-corrected chi connectivity index (χ1v) is 8.24. The summed E-state index contributed by atoms with van der Waals surface area (Å²) in [4.78, 5) is 12.3. The standard InChI is InChI=1S/C20H20O6/c21-15(12-11-13-7-3-1-4-8-13)25-18(14-9-5-2-6-10-14)19-16(22)17(23)20(24)26-19/h1-12,16-20,22-24H/b12-11+/t16-,17-,18-,19+,20?/m1/s1. The Balaban J connectivity index is 1.78. The molecule has 0 saturated carbocycles. The van der Waals surface area contributed by atoms with E-state index in [1.54, 1.807) is 36.4 Å². The second kappa shape index (κ2) is 8.25. The van der Waals surface area contributed by atoms with E-state index in [1.165, 1.54) is 6.08 Å². The monoisotopic (exact) mass is 356 g/mol. The minimum absolute atomic E-state index is 0.583. The summed E-state index contributed by atoms with van der Waals surface area (Å²) in [6.07, 6.45) is -3.58. The lowest BCUT2D eigenvalue weighted by Crippen LogP contribution is -2.36. The van der Waals surface area contributed by atoms with E-state index in [9.17, 15) is 20.1 Å². The van der Waals surface area contributed by atoms with Crippen LogP contribution in [-0.4, -0.2) is 45.9 Å². The van der Waals surface area contributed by atoms with Crippen LogP contribution in [0.25, 0.3) is 6.08 Å². The number of aliphatic hydroxyl groups is 3. The third kappa shape index (κ3) is 4.17. The Morgan fingerprint density at radius 1 is 0.962 bits per heavy atom. The summed E-state index contributed by atoms with van der Waals surface area (Å²) < 4.78 is 10.7. The van der Waals surface area contributed by atoms with Gasteiger partial charge in [0.15, 0.2) is 12.4 Å². The molecule has 136 valence electrons. The van der Waals surface area contributed by atoms with Gasteiger partial charge in [0, 0.05) is 6.08 Å². The molecule has 1 saturated heterocycles. The van der Waals surface area contributed by atoms with Crippen LogP contribution in [-0.2, 0) is 14.3 Å². The number of esters is 1. The van der Waals surface area contributed by atoms with Crippen molar-refractivity contribution in [2.45, 2.75) is 30.7 Å². The molecule has 1 unspecified atom stereocenters. The topological polar surface area (TPSA) is 96.2 Å². The maximum absolute atomic E-state index is 12.3. The highest BCUT2D eigenvalue weighted by molar-refractivity contribution is 5.87. The molecule has 3 N–H and O–H groups in total. The Labute approximate surface area is 150 Å². The maximum Gasteiger partial charge on any atom is 0.331 e. The van der Waals surface area contributed by atoms with Crippen molar-refractivity contribution in [2.75, 3.05) is 0 Å². The third-order valence-electron chi connectivity index (χ3n) is 4.16. The third-order valence-corrected chi connectivity index (χ3v) is 4.16. The fourth-order valence-electron chi connectivity index (χ4n) is 2.80. The van der Waals surface area contributed by atoms with E-state index in [1.807, 2.05) is 30.3 Å². The zero-order chi connectivity index (χ0) is 18.5. The van der Waals surface area contributed by atoms with Gasteiger partial charge in [0.05, 0.1) is 0 Å². The molecule has 5 atom stereocenters. The van der Waals surface area contributed by atoms with Crippen LogP contribution in [0.15, 0.2) is 66.7 Å². The maximum atomic E-state index is 12.3. The summed E-state index contributed by atoms with van der Waals surface area (Å²) in [5.41, 5.74) is 1.42. The van der Waals surface area contributed by atoms with Crippen LogP contribution < -0.4 is 0 Å². The van der Waals surface area contributed by atoms with Gasteiger partial charge in [0.2, 0.25) is 0 Å². The molecule has 6 heteroatoms. The van der Waals surface area contributed by atoms with Gasteiger partial charge in [-0.1, -0.05) is 60.7 Å². The molecule has 6 nitrogen and oxygen atoms in total. The second-order valence-corrected chi connectivity index (χ2v) is 5.98. The number of hydrogen-bond donors (Lipinski definition) is 3. The first-order valence-electron chi connectivity index (χ1n) is 8.24. The molecule has 0 aliphatic carbocycles. The summed E-state index contributed by atoms with van der Waals surface area (Å²) in [5, 5.41) is 29.5. The van der Waals surface area contributed by atoms with Gasteiger partial charge in [0.25, 0.3) is 0 Å².